The van der Waals surface area contributed by atoms with Crippen LogP contribution in [0.15, 0.2) is 47.4 Å². The van der Waals surface area contributed by atoms with Crippen LogP contribution in [-0.2, 0) is 16.6 Å². The van der Waals surface area contributed by atoms with Gasteiger partial charge in [-0.2, -0.15) is 9.57 Å². The Morgan fingerprint density at radius 1 is 1.11 bits per heavy atom. The van der Waals surface area contributed by atoms with Crippen LogP contribution >= 0.6 is 0 Å². The van der Waals surface area contributed by atoms with Gasteiger partial charge in [0.15, 0.2) is 0 Å². The zero-order valence-electron chi connectivity index (χ0n) is 15.6. The van der Waals surface area contributed by atoms with Gasteiger partial charge in [0.25, 0.3) is 0 Å². The number of rotatable bonds is 5. The number of benzene rings is 2. The molecular formula is C20H23N3O3S. The second-order valence-electron chi connectivity index (χ2n) is 6.59. The van der Waals surface area contributed by atoms with Gasteiger partial charge < -0.3 is 4.74 Å². The molecule has 7 heteroatoms. The quantitative estimate of drug-likeness (QED) is 0.790. The topological polar surface area (TPSA) is 73.6 Å². The lowest BCUT2D eigenvalue weighted by atomic mass is 10.1. The normalized spacial score (nSPS) is 16.0. The van der Waals surface area contributed by atoms with Crippen molar-refractivity contribution in [1.29, 1.82) is 5.26 Å². The third kappa shape index (κ3) is 4.14. The first kappa shape index (κ1) is 19.4. The van der Waals surface area contributed by atoms with Gasteiger partial charge in [0.2, 0.25) is 10.0 Å². The van der Waals surface area contributed by atoms with Gasteiger partial charge in [-0.3, -0.25) is 4.90 Å². The summed E-state index contributed by atoms with van der Waals surface area (Å²) in [6, 6.07) is 14.4. The number of hydrogen-bond acceptors (Lipinski definition) is 5. The molecule has 1 heterocycles. The zero-order valence-corrected chi connectivity index (χ0v) is 16.4. The maximum atomic E-state index is 12.9. The summed E-state index contributed by atoms with van der Waals surface area (Å²) in [5.41, 5.74) is 2.46. The molecule has 3 rings (SSSR count). The van der Waals surface area contributed by atoms with Crippen molar-refractivity contribution in [2.75, 3.05) is 33.3 Å². The van der Waals surface area contributed by atoms with Gasteiger partial charge in [-0.05, 0) is 36.2 Å². The van der Waals surface area contributed by atoms with Crippen LogP contribution in [0.4, 0.5) is 0 Å². The van der Waals surface area contributed by atoms with Crippen LogP contribution in [0.1, 0.15) is 16.7 Å². The molecule has 1 fully saturated rings. The van der Waals surface area contributed by atoms with E-state index >= 15 is 0 Å². The second-order valence-corrected chi connectivity index (χ2v) is 8.50. The first-order valence-corrected chi connectivity index (χ1v) is 10.2. The Bertz CT molecular complexity index is 959. The summed E-state index contributed by atoms with van der Waals surface area (Å²) in [5.74, 6) is 0.867. The molecule has 2 aromatic rings. The molecule has 1 saturated heterocycles. The van der Waals surface area contributed by atoms with Crippen LogP contribution in [0, 0.1) is 18.3 Å². The summed E-state index contributed by atoms with van der Waals surface area (Å²) in [5, 5.41) is 9.20. The predicted molar refractivity (Wildman–Crippen MR) is 103 cm³/mol. The van der Waals surface area contributed by atoms with Crippen molar-refractivity contribution in [3.05, 3.63) is 59.2 Å². The molecule has 27 heavy (non-hydrogen) atoms. The Balaban J connectivity index is 1.66. The Hall–Kier alpha value is -2.40. The molecule has 0 bridgehead atoms. The minimum atomic E-state index is -3.65. The standard InChI is InChI=1S/C20H23N3O3S/c1-16-13-17(7-8-19(16)26-2)15-22-9-11-23(12-10-22)27(24,25)20-6-4-3-5-18(20)14-21/h3-8,13H,9-12,15H2,1-2H3. The predicted octanol–water partition coefficient (Wildman–Crippen LogP) is 2.38. The molecule has 0 N–H and O–H groups in total. The van der Waals surface area contributed by atoms with Crippen LogP contribution in [0.5, 0.6) is 5.75 Å². The lowest BCUT2D eigenvalue weighted by Gasteiger charge is -2.34. The summed E-state index contributed by atoms with van der Waals surface area (Å²) >= 11 is 0. The minimum Gasteiger partial charge on any atom is -0.496 e. The largest absolute Gasteiger partial charge is 0.496 e. The maximum absolute atomic E-state index is 12.9. The maximum Gasteiger partial charge on any atom is 0.244 e. The highest BCUT2D eigenvalue weighted by atomic mass is 32.2. The van der Waals surface area contributed by atoms with E-state index in [-0.39, 0.29) is 10.5 Å². The first-order chi connectivity index (χ1) is 13.0. The van der Waals surface area contributed by atoms with Gasteiger partial charge in [0.05, 0.1) is 17.6 Å². The lowest BCUT2D eigenvalue weighted by Crippen LogP contribution is -2.48. The van der Waals surface area contributed by atoms with Crippen molar-refractivity contribution in [2.45, 2.75) is 18.4 Å². The average Bonchev–Trinajstić information content (AvgIpc) is 2.68. The minimum absolute atomic E-state index is 0.0896. The average molecular weight is 385 g/mol. The molecule has 0 unspecified atom stereocenters. The van der Waals surface area contributed by atoms with Crippen LogP contribution in [-0.4, -0.2) is 50.9 Å². The van der Waals surface area contributed by atoms with Crippen LogP contribution in [0.3, 0.4) is 0 Å². The molecule has 1 aliphatic rings. The summed E-state index contributed by atoms with van der Waals surface area (Å²) in [7, 11) is -1.99. The number of sulfonamides is 1. The van der Waals surface area contributed by atoms with Crippen LogP contribution in [0.2, 0.25) is 0 Å². The Kier molecular flexibility index (Phi) is 5.80. The number of hydrogen-bond donors (Lipinski definition) is 0. The van der Waals surface area contributed by atoms with Crippen LogP contribution < -0.4 is 4.74 Å². The van der Waals surface area contributed by atoms with Gasteiger partial charge in [-0.1, -0.05) is 24.3 Å². The van der Waals surface area contributed by atoms with E-state index in [1.165, 1.54) is 22.0 Å². The monoisotopic (exact) mass is 385 g/mol. The molecule has 2 aromatic carbocycles. The van der Waals surface area contributed by atoms with Crippen molar-refractivity contribution in [2.24, 2.45) is 0 Å². The summed E-state index contributed by atoms with van der Waals surface area (Å²) in [6.45, 7) is 4.92. The molecule has 0 amide bonds. The van der Waals surface area contributed by atoms with E-state index in [2.05, 4.69) is 11.0 Å². The third-order valence-electron chi connectivity index (χ3n) is 4.82. The summed E-state index contributed by atoms with van der Waals surface area (Å²) < 4.78 is 32.5. The molecule has 1 aliphatic heterocycles. The smallest absolute Gasteiger partial charge is 0.244 e. The van der Waals surface area contributed by atoms with Gasteiger partial charge in [0, 0.05) is 32.7 Å². The molecule has 0 atom stereocenters. The van der Waals surface area contributed by atoms with Gasteiger partial charge in [-0.15, -0.1) is 0 Å². The van der Waals surface area contributed by atoms with Crippen molar-refractivity contribution in [3.63, 3.8) is 0 Å². The van der Waals surface area contributed by atoms with E-state index in [1.54, 1.807) is 19.2 Å². The van der Waals surface area contributed by atoms with Gasteiger partial charge in [0.1, 0.15) is 11.8 Å². The molecule has 6 nitrogen and oxygen atoms in total. The molecule has 0 aliphatic carbocycles. The number of nitriles is 1. The molecular weight excluding hydrogens is 362 g/mol. The van der Waals surface area contributed by atoms with Gasteiger partial charge >= 0.3 is 0 Å². The third-order valence-corrected chi connectivity index (χ3v) is 6.78. The Morgan fingerprint density at radius 2 is 1.81 bits per heavy atom. The van der Waals surface area contributed by atoms with Crippen molar-refractivity contribution >= 4 is 10.0 Å². The fraction of sp³-hybridized carbons (Fsp3) is 0.350. The van der Waals surface area contributed by atoms with Crippen molar-refractivity contribution in [3.8, 4) is 11.8 Å². The van der Waals surface area contributed by atoms with E-state index in [0.717, 1.165) is 17.9 Å². The van der Waals surface area contributed by atoms with E-state index in [0.29, 0.717) is 26.2 Å². The highest BCUT2D eigenvalue weighted by Gasteiger charge is 2.30. The zero-order chi connectivity index (χ0) is 19.4. The Morgan fingerprint density at radius 3 is 2.44 bits per heavy atom. The lowest BCUT2D eigenvalue weighted by molar-refractivity contribution is 0.181. The first-order valence-electron chi connectivity index (χ1n) is 8.81. The fourth-order valence-electron chi connectivity index (χ4n) is 3.35. The fourth-order valence-corrected chi connectivity index (χ4v) is 4.91. The van der Waals surface area contributed by atoms with E-state index in [9.17, 15) is 13.7 Å². The van der Waals surface area contributed by atoms with Crippen molar-refractivity contribution in [1.82, 2.24) is 9.21 Å². The second kappa shape index (κ2) is 8.09. The van der Waals surface area contributed by atoms with E-state index in [4.69, 9.17) is 4.74 Å². The molecule has 0 radical (unpaired) electrons. The molecule has 142 valence electrons. The van der Waals surface area contributed by atoms with E-state index < -0.39 is 10.0 Å². The van der Waals surface area contributed by atoms with E-state index in [1.807, 2.05) is 25.1 Å². The van der Waals surface area contributed by atoms with Gasteiger partial charge in [-0.25, -0.2) is 8.42 Å². The summed E-state index contributed by atoms with van der Waals surface area (Å²) in [4.78, 5) is 2.33. The highest BCUT2D eigenvalue weighted by molar-refractivity contribution is 7.89. The summed E-state index contributed by atoms with van der Waals surface area (Å²) in [6.07, 6.45) is 0. The highest BCUT2D eigenvalue weighted by Crippen LogP contribution is 2.23. The number of ether oxygens (including phenoxy) is 1. The Labute approximate surface area is 160 Å². The molecule has 0 saturated carbocycles. The number of methoxy groups -OCH3 is 1. The number of nitrogens with zero attached hydrogens (tertiary/aromatic N) is 3. The number of aryl methyl sites for hydroxylation is 1. The van der Waals surface area contributed by atoms with Crippen LogP contribution in [0.25, 0.3) is 0 Å². The van der Waals surface area contributed by atoms with Crippen molar-refractivity contribution < 1.29 is 13.2 Å². The molecule has 0 spiro atoms. The molecule has 0 aromatic heterocycles. The number of piperazine rings is 1. The SMILES string of the molecule is COc1ccc(CN2CCN(S(=O)(=O)c3ccccc3C#N)CC2)cc1C.